The molecule has 0 unspecified atom stereocenters. The van der Waals surface area contributed by atoms with E-state index in [4.69, 9.17) is 0 Å². The van der Waals surface area contributed by atoms with Crippen molar-refractivity contribution in [2.45, 2.75) is 37.5 Å². The van der Waals surface area contributed by atoms with Crippen LogP contribution in [0.2, 0.25) is 0 Å². The Hall–Kier alpha value is -2.65. The molecule has 0 bridgehead atoms. The molecule has 1 saturated heterocycles. The van der Waals surface area contributed by atoms with Gasteiger partial charge in [0.15, 0.2) is 15.7 Å². The molecule has 0 saturated carbocycles. The minimum atomic E-state index is -3.10. The lowest BCUT2D eigenvalue weighted by molar-refractivity contribution is -0.130. The maximum absolute atomic E-state index is 13.1. The Labute approximate surface area is 192 Å². The second-order valence-corrected chi connectivity index (χ2v) is 11.0. The van der Waals surface area contributed by atoms with Crippen LogP contribution in [0.3, 0.4) is 0 Å². The predicted octanol–water partition coefficient (Wildman–Crippen LogP) is 3.34. The third kappa shape index (κ3) is 5.58. The molecule has 1 amide bonds. The molecule has 1 aliphatic heterocycles. The first-order chi connectivity index (χ1) is 15.4. The Morgan fingerprint density at radius 3 is 2.53 bits per heavy atom. The monoisotopic (exact) mass is 470 g/mol. The average Bonchev–Trinajstić information content (AvgIpc) is 3.43. The number of nitrogens with zero attached hydrogens (tertiary/aromatic N) is 3. The van der Waals surface area contributed by atoms with Gasteiger partial charge in [-0.05, 0) is 24.0 Å². The molecule has 1 aromatic heterocycles. The number of amides is 1. The van der Waals surface area contributed by atoms with Gasteiger partial charge in [-0.15, -0.1) is 5.10 Å². The Morgan fingerprint density at radius 2 is 1.88 bits per heavy atom. The summed E-state index contributed by atoms with van der Waals surface area (Å²) in [4.78, 5) is 19.3. The molecule has 0 radical (unpaired) electrons. The number of aromatic nitrogens is 3. The van der Waals surface area contributed by atoms with Crippen LogP contribution in [-0.4, -0.2) is 57.7 Å². The summed E-state index contributed by atoms with van der Waals surface area (Å²) in [5.41, 5.74) is 3.17. The molecule has 0 aliphatic carbocycles. The number of aryl methyl sites for hydroxylation is 1. The number of carbonyl (C=O) groups is 1. The van der Waals surface area contributed by atoms with Crippen LogP contribution in [-0.2, 0) is 27.6 Å². The van der Waals surface area contributed by atoms with E-state index < -0.39 is 9.84 Å². The van der Waals surface area contributed by atoms with E-state index in [9.17, 15) is 13.2 Å². The lowest BCUT2D eigenvalue weighted by Gasteiger charge is -2.28. The smallest absolute Gasteiger partial charge is 0.233 e. The topological polar surface area (TPSA) is 96.0 Å². The number of hydrogen-bond donors (Lipinski definition) is 1. The van der Waals surface area contributed by atoms with E-state index in [1.807, 2.05) is 42.5 Å². The van der Waals surface area contributed by atoms with Gasteiger partial charge in [0.25, 0.3) is 0 Å². The fourth-order valence-corrected chi connectivity index (χ4v) is 6.18. The minimum Gasteiger partial charge on any atom is -0.334 e. The number of hydrogen-bond acceptors (Lipinski definition) is 6. The predicted molar refractivity (Wildman–Crippen MR) is 126 cm³/mol. The van der Waals surface area contributed by atoms with E-state index in [0.29, 0.717) is 23.9 Å². The Balaban J connectivity index is 1.43. The highest BCUT2D eigenvalue weighted by molar-refractivity contribution is 7.99. The zero-order valence-electron chi connectivity index (χ0n) is 17.9. The van der Waals surface area contributed by atoms with Crippen molar-refractivity contribution in [1.82, 2.24) is 20.1 Å². The third-order valence-corrected chi connectivity index (χ3v) is 8.17. The number of aromatic amines is 1. The van der Waals surface area contributed by atoms with Crippen molar-refractivity contribution >= 4 is 27.5 Å². The number of nitrogens with one attached hydrogen (secondary N) is 1. The van der Waals surface area contributed by atoms with Gasteiger partial charge < -0.3 is 4.90 Å². The van der Waals surface area contributed by atoms with Crippen molar-refractivity contribution < 1.29 is 13.2 Å². The fraction of sp³-hybridized carbons (Fsp3) is 0.348. The number of thioether (sulfide) groups is 1. The molecule has 1 atom stereocenters. The molecule has 1 N–H and O–H groups in total. The normalized spacial score (nSPS) is 17.3. The van der Waals surface area contributed by atoms with Gasteiger partial charge in [-0.1, -0.05) is 73.3 Å². The van der Waals surface area contributed by atoms with Gasteiger partial charge in [-0.2, -0.15) is 0 Å². The van der Waals surface area contributed by atoms with Crippen molar-refractivity contribution in [2.75, 3.05) is 17.3 Å². The first-order valence-electron chi connectivity index (χ1n) is 10.6. The summed E-state index contributed by atoms with van der Waals surface area (Å²) >= 11 is 1.26. The molecule has 1 fully saturated rings. The van der Waals surface area contributed by atoms with E-state index >= 15 is 0 Å². The summed E-state index contributed by atoms with van der Waals surface area (Å²) in [5.74, 6) is 0.847. The highest BCUT2D eigenvalue weighted by atomic mass is 32.2. The molecule has 7 nitrogen and oxygen atoms in total. The first kappa shape index (κ1) is 22.5. The zero-order chi connectivity index (χ0) is 22.6. The van der Waals surface area contributed by atoms with E-state index in [1.165, 1.54) is 17.3 Å². The molecular weight excluding hydrogens is 444 g/mol. The number of rotatable bonds is 8. The lowest BCUT2D eigenvalue weighted by atomic mass is 10.1. The van der Waals surface area contributed by atoms with Crippen LogP contribution in [0.4, 0.5) is 0 Å². The van der Waals surface area contributed by atoms with Crippen LogP contribution in [0.15, 0.2) is 59.8 Å². The van der Waals surface area contributed by atoms with Crippen LogP contribution < -0.4 is 0 Å². The molecule has 3 aromatic rings. The van der Waals surface area contributed by atoms with Gasteiger partial charge in [0.2, 0.25) is 11.1 Å². The van der Waals surface area contributed by atoms with Crippen molar-refractivity contribution in [3.05, 3.63) is 65.7 Å². The molecule has 2 heterocycles. The number of H-pyrrole nitrogens is 1. The highest BCUT2D eigenvalue weighted by Gasteiger charge is 2.34. The lowest BCUT2D eigenvalue weighted by Crippen LogP contribution is -2.41. The van der Waals surface area contributed by atoms with Crippen molar-refractivity contribution in [3.63, 3.8) is 0 Å². The summed E-state index contributed by atoms with van der Waals surface area (Å²) < 4.78 is 24.0. The van der Waals surface area contributed by atoms with Crippen LogP contribution >= 0.6 is 11.8 Å². The highest BCUT2D eigenvalue weighted by Crippen LogP contribution is 2.24. The second kappa shape index (κ2) is 9.87. The zero-order valence-corrected chi connectivity index (χ0v) is 19.5. The molecule has 0 spiro atoms. The SMILES string of the molecule is CCc1ccc(-c2nc(SCC(=O)N(Cc3ccccc3)[C@H]3CCS(=O)(=O)C3)n[nH]2)cc1. The van der Waals surface area contributed by atoms with Gasteiger partial charge in [0.1, 0.15) is 0 Å². The van der Waals surface area contributed by atoms with E-state index in [2.05, 4.69) is 34.2 Å². The second-order valence-electron chi connectivity index (χ2n) is 7.87. The Morgan fingerprint density at radius 1 is 1.12 bits per heavy atom. The van der Waals surface area contributed by atoms with Gasteiger partial charge in [-0.25, -0.2) is 13.4 Å². The van der Waals surface area contributed by atoms with Crippen molar-refractivity contribution in [1.29, 1.82) is 0 Å². The largest absolute Gasteiger partial charge is 0.334 e. The standard InChI is InChI=1S/C23H26N4O3S2/c1-2-17-8-10-19(11-9-17)22-24-23(26-25-22)31-15-21(28)27(14-18-6-4-3-5-7-18)20-12-13-32(29,30)16-20/h3-11,20H,2,12-16H2,1H3,(H,24,25,26)/t20-/m0/s1. The maximum Gasteiger partial charge on any atom is 0.233 e. The van der Waals surface area contributed by atoms with Gasteiger partial charge >= 0.3 is 0 Å². The summed E-state index contributed by atoms with van der Waals surface area (Å²) in [6, 6.07) is 17.5. The fourth-order valence-electron chi connectivity index (χ4n) is 3.77. The average molecular weight is 471 g/mol. The van der Waals surface area contributed by atoms with Gasteiger partial charge in [0, 0.05) is 18.2 Å². The van der Waals surface area contributed by atoms with Gasteiger partial charge in [0.05, 0.1) is 17.3 Å². The van der Waals surface area contributed by atoms with Gasteiger partial charge in [-0.3, -0.25) is 9.89 Å². The Bertz CT molecular complexity index is 1160. The minimum absolute atomic E-state index is 0.0226. The molecule has 32 heavy (non-hydrogen) atoms. The molecule has 168 valence electrons. The number of sulfone groups is 1. The summed E-state index contributed by atoms with van der Waals surface area (Å²) in [6.45, 7) is 2.50. The van der Waals surface area contributed by atoms with E-state index in [0.717, 1.165) is 17.5 Å². The van der Waals surface area contributed by atoms with Crippen LogP contribution in [0.1, 0.15) is 24.5 Å². The molecule has 4 rings (SSSR count). The summed E-state index contributed by atoms with van der Waals surface area (Å²) in [5, 5.41) is 7.66. The molecule has 9 heteroatoms. The van der Waals surface area contributed by atoms with E-state index in [1.54, 1.807) is 4.90 Å². The molecule has 1 aliphatic rings. The number of carbonyl (C=O) groups excluding carboxylic acids is 1. The quantitative estimate of drug-likeness (QED) is 0.507. The number of benzene rings is 2. The Kier molecular flexibility index (Phi) is 6.95. The van der Waals surface area contributed by atoms with Crippen LogP contribution in [0, 0.1) is 0 Å². The third-order valence-electron chi connectivity index (χ3n) is 5.59. The first-order valence-corrected chi connectivity index (χ1v) is 13.4. The van der Waals surface area contributed by atoms with Crippen molar-refractivity contribution in [3.8, 4) is 11.4 Å². The summed E-state index contributed by atoms with van der Waals surface area (Å²) in [7, 11) is -3.10. The summed E-state index contributed by atoms with van der Waals surface area (Å²) in [6.07, 6.45) is 1.45. The molecular formula is C23H26N4O3S2. The molecule has 2 aromatic carbocycles. The van der Waals surface area contributed by atoms with Crippen LogP contribution in [0.5, 0.6) is 0 Å². The maximum atomic E-state index is 13.1. The van der Waals surface area contributed by atoms with Crippen molar-refractivity contribution in [2.24, 2.45) is 0 Å². The van der Waals surface area contributed by atoms with E-state index in [-0.39, 0.29) is 29.2 Å². The van der Waals surface area contributed by atoms with Crippen LogP contribution in [0.25, 0.3) is 11.4 Å².